The second kappa shape index (κ2) is 6.53. The monoisotopic (exact) mass is 349 g/mol. The standard InChI is InChI=1S/C14H18BrClFNO/c1-3-18-14(11-7-4-8(2)19-11)9-5-6-10(15)12(16)13(9)17/h5-6,8,11,14,18H,3-4,7H2,1-2H3. The number of ether oxygens (including phenoxy) is 1. The summed E-state index contributed by atoms with van der Waals surface area (Å²) in [6.07, 6.45) is 2.19. The number of nitrogens with one attached hydrogen (secondary N) is 1. The molecule has 3 atom stereocenters. The number of halogens is 3. The highest BCUT2D eigenvalue weighted by Gasteiger charge is 2.32. The summed E-state index contributed by atoms with van der Waals surface area (Å²) in [5.41, 5.74) is 0.578. The van der Waals surface area contributed by atoms with Crippen LogP contribution in [-0.4, -0.2) is 18.8 Å². The van der Waals surface area contributed by atoms with Crippen LogP contribution < -0.4 is 5.32 Å². The van der Waals surface area contributed by atoms with E-state index in [9.17, 15) is 4.39 Å². The zero-order valence-corrected chi connectivity index (χ0v) is 13.4. The molecule has 1 aromatic rings. The first kappa shape index (κ1) is 15.2. The molecule has 1 heterocycles. The van der Waals surface area contributed by atoms with Crippen LogP contribution in [0.15, 0.2) is 16.6 Å². The molecule has 0 aromatic heterocycles. The van der Waals surface area contributed by atoms with Crippen molar-refractivity contribution in [2.75, 3.05) is 6.54 Å². The number of hydrogen-bond donors (Lipinski definition) is 1. The minimum absolute atomic E-state index is 0.00157. The van der Waals surface area contributed by atoms with Gasteiger partial charge in [0.15, 0.2) is 0 Å². The second-order valence-corrected chi connectivity index (χ2v) is 6.09. The smallest absolute Gasteiger partial charge is 0.147 e. The summed E-state index contributed by atoms with van der Waals surface area (Å²) >= 11 is 9.21. The maximum Gasteiger partial charge on any atom is 0.147 e. The van der Waals surface area contributed by atoms with E-state index in [1.54, 1.807) is 12.1 Å². The van der Waals surface area contributed by atoms with Gasteiger partial charge in [0.2, 0.25) is 0 Å². The van der Waals surface area contributed by atoms with E-state index >= 15 is 0 Å². The molecular formula is C14H18BrClFNO. The summed E-state index contributed by atoms with van der Waals surface area (Å²) in [6, 6.07) is 3.40. The van der Waals surface area contributed by atoms with Crippen molar-refractivity contribution >= 4 is 27.5 Å². The molecule has 0 aliphatic carbocycles. The van der Waals surface area contributed by atoms with Crippen LogP contribution in [0.2, 0.25) is 5.02 Å². The highest BCUT2D eigenvalue weighted by molar-refractivity contribution is 9.10. The number of benzene rings is 1. The molecule has 0 saturated carbocycles. The first-order valence-corrected chi connectivity index (χ1v) is 7.74. The average molecular weight is 351 g/mol. The Morgan fingerprint density at radius 2 is 2.26 bits per heavy atom. The predicted octanol–water partition coefficient (Wildman–Crippen LogP) is 4.46. The van der Waals surface area contributed by atoms with Gasteiger partial charge in [0.05, 0.1) is 23.3 Å². The summed E-state index contributed by atoms with van der Waals surface area (Å²) in [7, 11) is 0. The molecule has 0 amide bonds. The summed E-state index contributed by atoms with van der Waals surface area (Å²) in [6.45, 7) is 4.81. The number of rotatable bonds is 4. The molecule has 1 aromatic carbocycles. The van der Waals surface area contributed by atoms with E-state index in [1.165, 1.54) is 0 Å². The van der Waals surface area contributed by atoms with Crippen LogP contribution >= 0.6 is 27.5 Å². The number of likely N-dealkylation sites (N-methyl/N-ethyl adjacent to an activating group) is 1. The third-order valence-corrected chi connectivity index (χ3v) is 4.72. The fraction of sp³-hybridized carbons (Fsp3) is 0.571. The molecule has 1 aliphatic heterocycles. The third kappa shape index (κ3) is 3.30. The lowest BCUT2D eigenvalue weighted by atomic mass is 9.98. The Hall–Kier alpha value is -0.160. The summed E-state index contributed by atoms with van der Waals surface area (Å²) in [4.78, 5) is 0. The van der Waals surface area contributed by atoms with Gasteiger partial charge in [-0.25, -0.2) is 4.39 Å². The molecule has 1 N–H and O–H groups in total. The van der Waals surface area contributed by atoms with Gasteiger partial charge in [-0.05, 0) is 48.3 Å². The van der Waals surface area contributed by atoms with Gasteiger partial charge in [0.1, 0.15) is 5.82 Å². The predicted molar refractivity (Wildman–Crippen MR) is 79.1 cm³/mol. The van der Waals surface area contributed by atoms with Crippen LogP contribution in [0.25, 0.3) is 0 Å². The second-order valence-electron chi connectivity index (χ2n) is 4.86. The molecule has 2 rings (SSSR count). The van der Waals surface area contributed by atoms with E-state index in [1.807, 2.05) is 13.8 Å². The van der Waals surface area contributed by atoms with E-state index < -0.39 is 0 Å². The first-order chi connectivity index (χ1) is 9.04. The Labute approximate surface area is 126 Å². The molecule has 0 radical (unpaired) electrons. The molecule has 5 heteroatoms. The van der Waals surface area contributed by atoms with Gasteiger partial charge >= 0.3 is 0 Å². The average Bonchev–Trinajstić information content (AvgIpc) is 2.81. The minimum Gasteiger partial charge on any atom is -0.373 e. The maximum atomic E-state index is 14.3. The van der Waals surface area contributed by atoms with Crippen LogP contribution in [0, 0.1) is 5.82 Å². The van der Waals surface area contributed by atoms with Crippen LogP contribution in [0.4, 0.5) is 4.39 Å². The lowest BCUT2D eigenvalue weighted by Crippen LogP contribution is -2.32. The molecule has 1 aliphatic rings. The minimum atomic E-state index is -0.370. The van der Waals surface area contributed by atoms with Crippen LogP contribution in [0.5, 0.6) is 0 Å². The van der Waals surface area contributed by atoms with Gasteiger partial charge in [-0.3, -0.25) is 0 Å². The Morgan fingerprint density at radius 3 is 2.84 bits per heavy atom. The summed E-state index contributed by atoms with van der Waals surface area (Å²) in [5.74, 6) is -0.370. The third-order valence-electron chi connectivity index (χ3n) is 3.46. The SMILES string of the molecule is CCNC(c1ccc(Br)c(Cl)c1F)C1CCC(C)O1. The molecule has 0 bridgehead atoms. The van der Waals surface area contributed by atoms with E-state index in [4.69, 9.17) is 16.3 Å². The lowest BCUT2D eigenvalue weighted by molar-refractivity contribution is 0.0312. The molecule has 19 heavy (non-hydrogen) atoms. The van der Waals surface area contributed by atoms with Gasteiger partial charge in [0, 0.05) is 10.0 Å². The first-order valence-electron chi connectivity index (χ1n) is 6.56. The zero-order valence-electron chi connectivity index (χ0n) is 11.1. The Morgan fingerprint density at radius 1 is 1.53 bits per heavy atom. The maximum absolute atomic E-state index is 14.3. The Bertz CT molecular complexity index is 457. The van der Waals surface area contributed by atoms with E-state index in [0.29, 0.717) is 10.0 Å². The normalized spacial score (nSPS) is 24.7. The molecule has 3 unspecified atom stereocenters. The van der Waals surface area contributed by atoms with Crippen molar-refractivity contribution in [1.82, 2.24) is 5.32 Å². The van der Waals surface area contributed by atoms with Crippen LogP contribution in [0.1, 0.15) is 38.3 Å². The topological polar surface area (TPSA) is 21.3 Å². The van der Waals surface area contributed by atoms with Crippen molar-refractivity contribution in [3.05, 3.63) is 33.0 Å². The Kier molecular flexibility index (Phi) is 5.23. The van der Waals surface area contributed by atoms with Crippen LogP contribution in [-0.2, 0) is 4.74 Å². The van der Waals surface area contributed by atoms with Gasteiger partial charge in [0.25, 0.3) is 0 Å². The van der Waals surface area contributed by atoms with Gasteiger partial charge in [-0.2, -0.15) is 0 Å². The van der Waals surface area contributed by atoms with Crippen molar-refractivity contribution in [1.29, 1.82) is 0 Å². The molecule has 0 spiro atoms. The van der Waals surface area contributed by atoms with Gasteiger partial charge < -0.3 is 10.1 Å². The van der Waals surface area contributed by atoms with Crippen LogP contribution in [0.3, 0.4) is 0 Å². The van der Waals surface area contributed by atoms with Gasteiger partial charge in [-0.1, -0.05) is 24.6 Å². The molecule has 1 saturated heterocycles. The fourth-order valence-electron chi connectivity index (χ4n) is 2.52. The quantitative estimate of drug-likeness (QED) is 0.810. The van der Waals surface area contributed by atoms with Gasteiger partial charge in [-0.15, -0.1) is 0 Å². The van der Waals surface area contributed by atoms with Crippen molar-refractivity contribution in [3.8, 4) is 0 Å². The molecule has 2 nitrogen and oxygen atoms in total. The van der Waals surface area contributed by atoms with Crippen molar-refractivity contribution in [3.63, 3.8) is 0 Å². The largest absolute Gasteiger partial charge is 0.373 e. The lowest BCUT2D eigenvalue weighted by Gasteiger charge is -2.25. The number of hydrogen-bond acceptors (Lipinski definition) is 2. The van der Waals surface area contributed by atoms with E-state index in [-0.39, 0.29) is 29.1 Å². The highest BCUT2D eigenvalue weighted by atomic mass is 79.9. The zero-order chi connectivity index (χ0) is 14.0. The van der Waals surface area contributed by atoms with E-state index in [2.05, 4.69) is 21.2 Å². The van der Waals surface area contributed by atoms with Crippen molar-refractivity contribution < 1.29 is 9.13 Å². The van der Waals surface area contributed by atoms with Crippen molar-refractivity contribution in [2.45, 2.75) is 44.9 Å². The summed E-state index contributed by atoms with van der Waals surface area (Å²) in [5, 5.41) is 3.44. The van der Waals surface area contributed by atoms with E-state index in [0.717, 1.165) is 19.4 Å². The Balaban J connectivity index is 2.31. The summed E-state index contributed by atoms with van der Waals surface area (Å²) < 4.78 is 20.8. The molecular weight excluding hydrogens is 333 g/mol. The fourth-order valence-corrected chi connectivity index (χ4v) is 3.00. The highest BCUT2D eigenvalue weighted by Crippen LogP contribution is 2.35. The molecule has 1 fully saturated rings. The molecule has 106 valence electrons. The van der Waals surface area contributed by atoms with Crippen molar-refractivity contribution in [2.24, 2.45) is 0 Å².